The average molecular weight is 283 g/mol. The first kappa shape index (κ1) is 13.7. The molecule has 2 rings (SSSR count). The Hall–Kier alpha value is -2.70. The Morgan fingerprint density at radius 1 is 0.900 bits per heavy atom. The van der Waals surface area contributed by atoms with E-state index in [1.807, 2.05) is 5.32 Å². The molecule has 0 unspecified atom stereocenters. The second kappa shape index (κ2) is 5.12. The molecule has 0 aliphatic rings. The lowest BCUT2D eigenvalue weighted by atomic mass is 10.2. The lowest BCUT2D eigenvalue weighted by Gasteiger charge is -2.07. The van der Waals surface area contributed by atoms with Crippen LogP contribution in [0.15, 0.2) is 30.3 Å². The topological polar surface area (TPSA) is 69.6 Å². The second-order valence-corrected chi connectivity index (χ2v) is 3.90. The molecule has 0 bridgehead atoms. The molecule has 7 heteroatoms. The van der Waals surface area contributed by atoms with E-state index in [9.17, 15) is 23.1 Å². The minimum Gasteiger partial charge on any atom is -0.504 e. The van der Waals surface area contributed by atoms with E-state index in [-0.39, 0.29) is 5.56 Å². The van der Waals surface area contributed by atoms with E-state index in [0.29, 0.717) is 12.1 Å². The maximum Gasteiger partial charge on any atom is 0.255 e. The molecule has 0 saturated carbocycles. The fraction of sp³-hybridized carbons (Fsp3) is 0. The first-order chi connectivity index (χ1) is 9.38. The third-order valence-electron chi connectivity index (χ3n) is 2.50. The van der Waals surface area contributed by atoms with Gasteiger partial charge in [0, 0.05) is 17.7 Å². The van der Waals surface area contributed by atoms with Gasteiger partial charge in [0.2, 0.25) is 0 Å². The largest absolute Gasteiger partial charge is 0.504 e. The Morgan fingerprint density at radius 3 is 2.20 bits per heavy atom. The number of hydrogen-bond acceptors (Lipinski definition) is 3. The first-order valence-corrected chi connectivity index (χ1v) is 5.36. The van der Waals surface area contributed by atoms with Crippen LogP contribution in [0.3, 0.4) is 0 Å². The first-order valence-electron chi connectivity index (χ1n) is 5.36. The van der Waals surface area contributed by atoms with Crippen LogP contribution in [0.25, 0.3) is 0 Å². The van der Waals surface area contributed by atoms with Crippen molar-refractivity contribution in [2.45, 2.75) is 0 Å². The highest BCUT2D eigenvalue weighted by Crippen LogP contribution is 2.26. The average Bonchev–Trinajstić information content (AvgIpc) is 2.39. The van der Waals surface area contributed by atoms with E-state index in [4.69, 9.17) is 5.11 Å². The van der Waals surface area contributed by atoms with E-state index in [1.165, 1.54) is 6.07 Å². The number of nitrogens with one attached hydrogen (secondary N) is 1. The zero-order valence-corrected chi connectivity index (χ0v) is 9.82. The summed E-state index contributed by atoms with van der Waals surface area (Å²) in [6.45, 7) is 0. The molecule has 0 saturated heterocycles. The van der Waals surface area contributed by atoms with Gasteiger partial charge in [0.25, 0.3) is 5.91 Å². The molecule has 104 valence electrons. The standard InChI is InChI=1S/C13H8F3NO3/c14-7-4-9(16)10(5-8(7)15)17-13(20)6-1-2-11(18)12(19)3-6/h1-5,18-19H,(H,17,20). The van der Waals surface area contributed by atoms with Crippen LogP contribution in [-0.2, 0) is 0 Å². The minimum atomic E-state index is -1.37. The lowest BCUT2D eigenvalue weighted by molar-refractivity contribution is 0.102. The van der Waals surface area contributed by atoms with Gasteiger partial charge in [-0.3, -0.25) is 4.79 Å². The SMILES string of the molecule is O=C(Nc1cc(F)c(F)cc1F)c1ccc(O)c(O)c1. The van der Waals surface area contributed by atoms with Gasteiger partial charge in [-0.05, 0) is 18.2 Å². The third kappa shape index (κ3) is 2.66. The van der Waals surface area contributed by atoms with Crippen LogP contribution in [0.5, 0.6) is 11.5 Å². The van der Waals surface area contributed by atoms with Crippen molar-refractivity contribution in [1.82, 2.24) is 0 Å². The number of amides is 1. The van der Waals surface area contributed by atoms with Gasteiger partial charge in [-0.2, -0.15) is 0 Å². The lowest BCUT2D eigenvalue weighted by Crippen LogP contribution is -2.13. The highest BCUT2D eigenvalue weighted by Gasteiger charge is 2.14. The Labute approximate surface area is 111 Å². The predicted octanol–water partition coefficient (Wildman–Crippen LogP) is 2.77. The van der Waals surface area contributed by atoms with Crippen molar-refractivity contribution in [3.05, 3.63) is 53.3 Å². The van der Waals surface area contributed by atoms with E-state index in [1.54, 1.807) is 0 Å². The van der Waals surface area contributed by atoms with Crippen molar-refractivity contribution in [2.24, 2.45) is 0 Å². The van der Waals surface area contributed by atoms with Crippen molar-refractivity contribution in [1.29, 1.82) is 0 Å². The van der Waals surface area contributed by atoms with E-state index in [0.717, 1.165) is 12.1 Å². The van der Waals surface area contributed by atoms with Crippen LogP contribution in [0, 0.1) is 17.5 Å². The number of halogens is 3. The number of carbonyl (C=O) groups is 1. The fourth-order valence-electron chi connectivity index (χ4n) is 1.48. The van der Waals surface area contributed by atoms with Gasteiger partial charge in [0.1, 0.15) is 5.82 Å². The summed E-state index contributed by atoms with van der Waals surface area (Å²) in [5.41, 5.74) is -0.633. The quantitative estimate of drug-likeness (QED) is 0.586. The molecule has 0 radical (unpaired) electrons. The Bertz CT molecular complexity index is 689. The minimum absolute atomic E-state index is 0.0931. The zero-order chi connectivity index (χ0) is 14.9. The maximum atomic E-state index is 13.3. The maximum absolute atomic E-state index is 13.3. The molecule has 0 fully saturated rings. The van der Waals surface area contributed by atoms with Crippen LogP contribution in [-0.4, -0.2) is 16.1 Å². The number of rotatable bonds is 2. The Kier molecular flexibility index (Phi) is 3.51. The predicted molar refractivity (Wildman–Crippen MR) is 64.0 cm³/mol. The zero-order valence-electron chi connectivity index (χ0n) is 9.82. The summed E-state index contributed by atoms with van der Waals surface area (Å²) in [5.74, 6) is -5.65. The summed E-state index contributed by atoms with van der Waals surface area (Å²) in [5, 5.41) is 20.4. The van der Waals surface area contributed by atoms with Gasteiger partial charge in [0.05, 0.1) is 5.69 Å². The molecule has 0 heterocycles. The van der Waals surface area contributed by atoms with Gasteiger partial charge in [-0.15, -0.1) is 0 Å². The normalized spacial score (nSPS) is 10.3. The third-order valence-corrected chi connectivity index (χ3v) is 2.50. The summed E-state index contributed by atoms with van der Waals surface area (Å²) in [7, 11) is 0. The van der Waals surface area contributed by atoms with Crippen LogP contribution in [0.2, 0.25) is 0 Å². The summed E-state index contributed by atoms with van der Waals surface area (Å²) in [6.07, 6.45) is 0. The van der Waals surface area contributed by atoms with Crippen LogP contribution < -0.4 is 5.32 Å². The number of phenols is 2. The molecule has 1 amide bonds. The molecule has 2 aromatic rings. The number of aromatic hydroxyl groups is 2. The van der Waals surface area contributed by atoms with Gasteiger partial charge in [-0.25, -0.2) is 13.2 Å². The monoisotopic (exact) mass is 283 g/mol. The number of phenolic OH excluding ortho intramolecular Hbond substituents is 2. The molecule has 0 aliphatic carbocycles. The molecule has 0 spiro atoms. The van der Waals surface area contributed by atoms with Crippen molar-refractivity contribution >= 4 is 11.6 Å². The number of hydrogen-bond donors (Lipinski definition) is 3. The molecule has 0 atom stereocenters. The summed E-state index contributed by atoms with van der Waals surface area (Å²) < 4.78 is 39.0. The number of benzene rings is 2. The van der Waals surface area contributed by atoms with Gasteiger partial charge >= 0.3 is 0 Å². The second-order valence-electron chi connectivity index (χ2n) is 3.90. The molecular weight excluding hydrogens is 275 g/mol. The molecule has 3 N–H and O–H groups in total. The van der Waals surface area contributed by atoms with Gasteiger partial charge < -0.3 is 15.5 Å². The molecular formula is C13H8F3NO3. The fourth-order valence-corrected chi connectivity index (χ4v) is 1.48. The summed E-state index contributed by atoms with van der Waals surface area (Å²) in [6, 6.07) is 3.98. The van der Waals surface area contributed by atoms with Crippen molar-refractivity contribution in [2.75, 3.05) is 5.32 Å². The van der Waals surface area contributed by atoms with Crippen molar-refractivity contribution in [3.8, 4) is 11.5 Å². The van der Waals surface area contributed by atoms with Crippen LogP contribution in [0.1, 0.15) is 10.4 Å². The molecule has 20 heavy (non-hydrogen) atoms. The van der Waals surface area contributed by atoms with E-state index >= 15 is 0 Å². The van der Waals surface area contributed by atoms with Crippen molar-refractivity contribution in [3.63, 3.8) is 0 Å². The summed E-state index contributed by atoms with van der Waals surface area (Å²) in [4.78, 5) is 11.7. The highest BCUT2D eigenvalue weighted by molar-refractivity contribution is 6.04. The molecule has 2 aromatic carbocycles. The van der Waals surface area contributed by atoms with E-state index < -0.39 is 40.5 Å². The number of anilines is 1. The number of carbonyl (C=O) groups excluding carboxylic acids is 1. The van der Waals surface area contributed by atoms with Gasteiger partial charge in [0.15, 0.2) is 23.1 Å². The highest BCUT2D eigenvalue weighted by atomic mass is 19.2. The van der Waals surface area contributed by atoms with Crippen molar-refractivity contribution < 1.29 is 28.2 Å². The van der Waals surface area contributed by atoms with E-state index in [2.05, 4.69) is 0 Å². The molecule has 0 aromatic heterocycles. The Balaban J connectivity index is 2.27. The smallest absolute Gasteiger partial charge is 0.255 e. The van der Waals surface area contributed by atoms with Crippen LogP contribution in [0.4, 0.5) is 18.9 Å². The Morgan fingerprint density at radius 2 is 1.55 bits per heavy atom. The summed E-state index contributed by atoms with van der Waals surface area (Å²) >= 11 is 0. The van der Waals surface area contributed by atoms with Gasteiger partial charge in [-0.1, -0.05) is 0 Å². The van der Waals surface area contributed by atoms with Crippen LogP contribution >= 0.6 is 0 Å². The molecule has 4 nitrogen and oxygen atoms in total. The molecule has 0 aliphatic heterocycles.